The zero-order chi connectivity index (χ0) is 13.3. The van der Waals surface area contributed by atoms with Gasteiger partial charge in [0, 0.05) is 11.5 Å². The van der Waals surface area contributed by atoms with E-state index >= 15 is 0 Å². The summed E-state index contributed by atoms with van der Waals surface area (Å²) in [6.07, 6.45) is 0.844. The molecule has 0 unspecified atom stereocenters. The predicted molar refractivity (Wildman–Crippen MR) is 62.0 cm³/mol. The van der Waals surface area contributed by atoms with Crippen molar-refractivity contribution in [2.75, 3.05) is 0 Å². The lowest BCUT2D eigenvalue weighted by Crippen LogP contribution is -2.31. The number of H-pyrrole nitrogens is 1. The molecular weight excluding hydrogens is 286 g/mol. The predicted octanol–water partition coefficient (Wildman–Crippen LogP) is -0.00200. The number of nitrogens with one attached hydrogen (secondary N) is 1. The first-order valence-corrected chi connectivity index (χ1v) is 5.59. The third-order valence-corrected chi connectivity index (χ3v) is 3.00. The first-order chi connectivity index (χ1) is 8.49. The minimum atomic E-state index is -1.05. The van der Waals surface area contributed by atoms with Gasteiger partial charge in [0.05, 0.1) is 17.7 Å². The highest BCUT2D eigenvalue weighted by atomic mass is 35.5. The molecule has 0 radical (unpaired) electrons. The highest BCUT2D eigenvalue weighted by Crippen LogP contribution is 2.17. The van der Waals surface area contributed by atoms with Gasteiger partial charge in [-0.2, -0.15) is 0 Å². The third kappa shape index (κ3) is 2.28. The van der Waals surface area contributed by atoms with Crippen LogP contribution in [0.5, 0.6) is 0 Å². The number of rotatable bonds is 3. The molecule has 0 saturated heterocycles. The topological polar surface area (TPSA) is 124 Å². The maximum atomic E-state index is 11.4. The highest BCUT2D eigenvalue weighted by Gasteiger charge is 2.16. The molecule has 0 aromatic carbocycles. The molecule has 9 nitrogen and oxygen atoms in total. The number of nitrogens with zero attached hydrogens (tertiary/aromatic N) is 4. The summed E-state index contributed by atoms with van der Waals surface area (Å²) in [5.74, 6) is 0. The van der Waals surface area contributed by atoms with Crippen molar-refractivity contribution in [3.05, 3.63) is 47.2 Å². The summed E-state index contributed by atoms with van der Waals surface area (Å²) < 4.78 is 4.77. The molecule has 0 aliphatic rings. The van der Waals surface area contributed by atoms with Gasteiger partial charge in [0.1, 0.15) is 10.0 Å². The fourth-order valence-electron chi connectivity index (χ4n) is 1.20. The van der Waals surface area contributed by atoms with E-state index in [-0.39, 0.29) is 10.9 Å². The van der Waals surface area contributed by atoms with Gasteiger partial charge in [-0.25, -0.2) is 4.79 Å². The molecule has 2 aromatic heterocycles. The lowest BCUT2D eigenvalue weighted by molar-refractivity contribution is -0.386. The van der Waals surface area contributed by atoms with Crippen LogP contribution in [0.15, 0.2) is 15.8 Å². The second-order valence-electron chi connectivity index (χ2n) is 3.15. The standard InChI is InChI=1S/C7H4ClN5O4S/c8-5-3(10-11-18-5)1-12-2-4(13(16)17)6(14)9-7(12)15/h2H,1H2,(H,9,14,15). The Kier molecular flexibility index (Phi) is 3.21. The van der Waals surface area contributed by atoms with Crippen LogP contribution in [-0.2, 0) is 6.54 Å². The molecule has 2 aromatic rings. The van der Waals surface area contributed by atoms with E-state index in [1.165, 1.54) is 0 Å². The third-order valence-electron chi connectivity index (χ3n) is 2.02. The molecule has 0 bridgehead atoms. The van der Waals surface area contributed by atoms with E-state index in [4.69, 9.17) is 11.6 Å². The summed E-state index contributed by atoms with van der Waals surface area (Å²) in [4.78, 5) is 34.1. The lowest BCUT2D eigenvalue weighted by atomic mass is 10.4. The van der Waals surface area contributed by atoms with E-state index in [1.807, 2.05) is 4.98 Å². The Hall–Kier alpha value is -2.07. The maximum absolute atomic E-state index is 11.4. The Morgan fingerprint density at radius 2 is 2.28 bits per heavy atom. The van der Waals surface area contributed by atoms with Crippen molar-refractivity contribution in [1.29, 1.82) is 0 Å². The highest BCUT2D eigenvalue weighted by molar-refractivity contribution is 7.10. The molecule has 0 aliphatic carbocycles. The van der Waals surface area contributed by atoms with Crippen molar-refractivity contribution < 1.29 is 4.92 Å². The van der Waals surface area contributed by atoms with Crippen molar-refractivity contribution >= 4 is 28.8 Å². The second kappa shape index (κ2) is 4.66. The Labute approximate surface area is 107 Å². The van der Waals surface area contributed by atoms with Gasteiger partial charge in [0.2, 0.25) is 0 Å². The van der Waals surface area contributed by atoms with Gasteiger partial charge in [-0.15, -0.1) is 5.10 Å². The molecule has 0 aliphatic heterocycles. The molecule has 2 rings (SSSR count). The zero-order valence-corrected chi connectivity index (χ0v) is 10.1. The summed E-state index contributed by atoms with van der Waals surface area (Å²) in [6, 6.07) is 0. The summed E-state index contributed by atoms with van der Waals surface area (Å²) in [5, 5.41) is 14.2. The quantitative estimate of drug-likeness (QED) is 0.626. The molecule has 0 amide bonds. The van der Waals surface area contributed by atoms with Gasteiger partial charge in [-0.1, -0.05) is 16.1 Å². The van der Waals surface area contributed by atoms with Gasteiger partial charge in [0.15, 0.2) is 0 Å². The van der Waals surface area contributed by atoms with E-state index in [0.29, 0.717) is 5.69 Å². The van der Waals surface area contributed by atoms with E-state index in [1.54, 1.807) is 0 Å². The van der Waals surface area contributed by atoms with Crippen molar-refractivity contribution in [2.45, 2.75) is 6.54 Å². The van der Waals surface area contributed by atoms with Crippen LogP contribution < -0.4 is 11.2 Å². The van der Waals surface area contributed by atoms with Gasteiger partial charge in [0.25, 0.3) is 0 Å². The van der Waals surface area contributed by atoms with Crippen LogP contribution in [0.4, 0.5) is 5.69 Å². The molecule has 11 heteroatoms. The van der Waals surface area contributed by atoms with Gasteiger partial charge in [-0.05, 0) is 0 Å². The van der Waals surface area contributed by atoms with Crippen LogP contribution in [-0.4, -0.2) is 24.1 Å². The molecule has 0 atom stereocenters. The molecule has 0 spiro atoms. The summed E-state index contributed by atoms with van der Waals surface area (Å²) in [6.45, 7) is -0.105. The summed E-state index contributed by atoms with van der Waals surface area (Å²) >= 11 is 6.67. The summed E-state index contributed by atoms with van der Waals surface area (Å²) in [7, 11) is 0. The first kappa shape index (κ1) is 12.4. The number of hydrogen-bond donors (Lipinski definition) is 1. The molecular formula is C7H4ClN5O4S. The number of aromatic amines is 1. The minimum Gasteiger partial charge on any atom is -0.287 e. The smallest absolute Gasteiger partial charge is 0.287 e. The van der Waals surface area contributed by atoms with Crippen LogP contribution >= 0.6 is 23.1 Å². The molecule has 0 saturated carbocycles. The Balaban J connectivity index is 2.49. The molecule has 18 heavy (non-hydrogen) atoms. The first-order valence-electron chi connectivity index (χ1n) is 4.44. The number of aromatic nitrogens is 4. The number of halogens is 1. The fourth-order valence-corrected chi connectivity index (χ4v) is 1.81. The van der Waals surface area contributed by atoms with Crippen molar-refractivity contribution in [2.24, 2.45) is 0 Å². The normalized spacial score (nSPS) is 10.5. The number of hydrogen-bond acceptors (Lipinski definition) is 7. The van der Waals surface area contributed by atoms with E-state index in [0.717, 1.165) is 22.3 Å². The van der Waals surface area contributed by atoms with Crippen LogP contribution in [0.1, 0.15) is 5.69 Å². The number of nitro groups is 1. The monoisotopic (exact) mass is 289 g/mol. The second-order valence-corrected chi connectivity index (χ2v) is 4.51. The van der Waals surface area contributed by atoms with Crippen molar-refractivity contribution in [3.63, 3.8) is 0 Å². The van der Waals surface area contributed by atoms with Gasteiger partial charge < -0.3 is 0 Å². The van der Waals surface area contributed by atoms with Crippen molar-refractivity contribution in [1.82, 2.24) is 19.1 Å². The zero-order valence-electron chi connectivity index (χ0n) is 8.49. The van der Waals surface area contributed by atoms with E-state index < -0.39 is 21.9 Å². The van der Waals surface area contributed by atoms with Crippen LogP contribution in [0.3, 0.4) is 0 Å². The van der Waals surface area contributed by atoms with Crippen LogP contribution in [0.25, 0.3) is 0 Å². The fraction of sp³-hybridized carbons (Fsp3) is 0.143. The minimum absolute atomic E-state index is 0.105. The van der Waals surface area contributed by atoms with Gasteiger partial charge >= 0.3 is 16.9 Å². The molecule has 1 N–H and O–H groups in total. The van der Waals surface area contributed by atoms with E-state index in [9.17, 15) is 19.7 Å². The van der Waals surface area contributed by atoms with Gasteiger partial charge in [-0.3, -0.25) is 24.5 Å². The van der Waals surface area contributed by atoms with Crippen LogP contribution in [0.2, 0.25) is 4.34 Å². The summed E-state index contributed by atoms with van der Waals surface area (Å²) in [5.41, 5.74) is -2.27. The maximum Gasteiger partial charge on any atom is 0.350 e. The van der Waals surface area contributed by atoms with E-state index in [2.05, 4.69) is 9.59 Å². The SMILES string of the molecule is O=c1[nH]c(=O)n(Cc2nnsc2Cl)cc1[N+](=O)[O-]. The molecule has 2 heterocycles. The largest absolute Gasteiger partial charge is 0.350 e. The Bertz CT molecular complexity index is 719. The average Bonchev–Trinajstić information content (AvgIpc) is 2.67. The van der Waals surface area contributed by atoms with Crippen molar-refractivity contribution in [3.8, 4) is 0 Å². The lowest BCUT2D eigenvalue weighted by Gasteiger charge is -2.01. The average molecular weight is 290 g/mol. The Morgan fingerprint density at radius 3 is 2.83 bits per heavy atom. The molecule has 0 fully saturated rings. The molecule has 94 valence electrons. The Morgan fingerprint density at radius 1 is 1.56 bits per heavy atom. The van der Waals surface area contributed by atoms with Crippen LogP contribution in [0, 0.1) is 10.1 Å².